The molecule has 0 aliphatic carbocycles. The number of hydrogen-bond acceptors (Lipinski definition) is 3. The van der Waals surface area contributed by atoms with Crippen molar-refractivity contribution in [2.24, 2.45) is 5.73 Å². The van der Waals surface area contributed by atoms with E-state index in [1.54, 1.807) is 7.11 Å². The van der Waals surface area contributed by atoms with Crippen molar-refractivity contribution in [1.82, 2.24) is 0 Å². The van der Waals surface area contributed by atoms with Gasteiger partial charge in [0.2, 0.25) is 0 Å². The quantitative estimate of drug-likeness (QED) is 0.916. The molecule has 0 aliphatic rings. The molecule has 2 N–H and O–H groups in total. The molecular formula is C16H19ClN2O. The van der Waals surface area contributed by atoms with Gasteiger partial charge in [0.05, 0.1) is 13.2 Å². The van der Waals surface area contributed by atoms with Crippen LogP contribution in [0, 0.1) is 0 Å². The van der Waals surface area contributed by atoms with Crippen LogP contribution in [0.2, 0.25) is 5.02 Å². The van der Waals surface area contributed by atoms with E-state index in [4.69, 9.17) is 22.1 Å². The van der Waals surface area contributed by atoms with Gasteiger partial charge in [0.15, 0.2) is 0 Å². The average molecular weight is 291 g/mol. The van der Waals surface area contributed by atoms with Crippen molar-refractivity contribution in [3.05, 3.63) is 59.1 Å². The molecule has 0 aliphatic heterocycles. The van der Waals surface area contributed by atoms with Gasteiger partial charge in [-0.1, -0.05) is 29.8 Å². The van der Waals surface area contributed by atoms with E-state index < -0.39 is 0 Å². The van der Waals surface area contributed by atoms with Crippen LogP contribution < -0.4 is 15.4 Å². The molecule has 3 nitrogen and oxygen atoms in total. The van der Waals surface area contributed by atoms with Crippen molar-refractivity contribution in [1.29, 1.82) is 0 Å². The van der Waals surface area contributed by atoms with Crippen LogP contribution >= 0.6 is 11.6 Å². The highest BCUT2D eigenvalue weighted by Crippen LogP contribution is 2.28. The number of methoxy groups -OCH3 is 1. The monoisotopic (exact) mass is 290 g/mol. The Kier molecular flexibility index (Phi) is 4.88. The van der Waals surface area contributed by atoms with E-state index in [-0.39, 0.29) is 6.04 Å². The number of hydrogen-bond donors (Lipinski definition) is 1. The summed E-state index contributed by atoms with van der Waals surface area (Å²) < 4.78 is 5.26. The number of anilines is 1. The zero-order valence-corrected chi connectivity index (χ0v) is 12.5. The lowest BCUT2D eigenvalue weighted by molar-refractivity contribution is 0.414. The van der Waals surface area contributed by atoms with Crippen LogP contribution in [0.1, 0.15) is 11.6 Å². The highest BCUT2D eigenvalue weighted by atomic mass is 35.5. The maximum absolute atomic E-state index is 5.95. The first kappa shape index (κ1) is 14.7. The Morgan fingerprint density at radius 3 is 2.50 bits per heavy atom. The van der Waals surface area contributed by atoms with E-state index in [0.717, 1.165) is 22.0 Å². The average Bonchev–Trinajstić information content (AvgIpc) is 2.50. The largest absolute Gasteiger partial charge is 0.497 e. The topological polar surface area (TPSA) is 38.5 Å². The maximum Gasteiger partial charge on any atom is 0.120 e. The highest BCUT2D eigenvalue weighted by Gasteiger charge is 2.16. The van der Waals surface area contributed by atoms with E-state index in [9.17, 15) is 0 Å². The molecule has 0 radical (unpaired) electrons. The van der Waals surface area contributed by atoms with Gasteiger partial charge in [0.1, 0.15) is 5.75 Å². The van der Waals surface area contributed by atoms with Crippen LogP contribution in [0.25, 0.3) is 0 Å². The molecule has 2 aromatic carbocycles. The van der Waals surface area contributed by atoms with Crippen LogP contribution in [-0.2, 0) is 0 Å². The second kappa shape index (κ2) is 6.64. The van der Waals surface area contributed by atoms with Gasteiger partial charge in [-0.15, -0.1) is 0 Å². The van der Waals surface area contributed by atoms with E-state index in [2.05, 4.69) is 4.90 Å². The fourth-order valence-corrected chi connectivity index (χ4v) is 2.34. The summed E-state index contributed by atoms with van der Waals surface area (Å²) in [7, 11) is 3.69. The molecule has 0 aromatic heterocycles. The van der Waals surface area contributed by atoms with E-state index in [0.29, 0.717) is 6.54 Å². The Labute approximate surface area is 124 Å². The second-order valence-electron chi connectivity index (χ2n) is 4.62. The Bertz CT molecular complexity index is 557. The summed E-state index contributed by atoms with van der Waals surface area (Å²) in [4.78, 5) is 2.14. The third-order valence-corrected chi connectivity index (χ3v) is 3.66. The SMILES string of the molecule is COc1cccc(N(C)C(CN)c2ccc(Cl)cc2)c1. The smallest absolute Gasteiger partial charge is 0.120 e. The Morgan fingerprint density at radius 2 is 1.90 bits per heavy atom. The Hall–Kier alpha value is -1.71. The van der Waals surface area contributed by atoms with Gasteiger partial charge in [-0.3, -0.25) is 0 Å². The minimum atomic E-state index is 0.0966. The molecule has 0 bridgehead atoms. The molecule has 0 saturated heterocycles. The molecule has 2 aromatic rings. The van der Waals surface area contributed by atoms with Crippen molar-refractivity contribution in [3.8, 4) is 5.75 Å². The third kappa shape index (κ3) is 3.24. The summed E-state index contributed by atoms with van der Waals surface area (Å²) in [5, 5.41) is 0.730. The van der Waals surface area contributed by atoms with E-state index >= 15 is 0 Å². The summed E-state index contributed by atoms with van der Waals surface area (Å²) in [6.07, 6.45) is 0. The summed E-state index contributed by atoms with van der Waals surface area (Å²) in [5.41, 5.74) is 8.15. The molecule has 0 fully saturated rings. The number of halogens is 1. The molecule has 1 unspecified atom stereocenters. The zero-order valence-electron chi connectivity index (χ0n) is 11.7. The predicted molar refractivity (Wildman–Crippen MR) is 84.6 cm³/mol. The molecule has 0 spiro atoms. The van der Waals surface area contributed by atoms with Crippen LogP contribution in [0.15, 0.2) is 48.5 Å². The summed E-state index contributed by atoms with van der Waals surface area (Å²) in [6.45, 7) is 0.523. The molecule has 106 valence electrons. The zero-order chi connectivity index (χ0) is 14.5. The molecule has 4 heteroatoms. The van der Waals surface area contributed by atoms with Gasteiger partial charge in [0, 0.05) is 30.4 Å². The molecule has 0 amide bonds. The molecule has 1 atom stereocenters. The van der Waals surface area contributed by atoms with Gasteiger partial charge < -0.3 is 15.4 Å². The first-order valence-electron chi connectivity index (χ1n) is 6.48. The lowest BCUT2D eigenvalue weighted by Crippen LogP contribution is -2.30. The van der Waals surface area contributed by atoms with Crippen molar-refractivity contribution in [3.63, 3.8) is 0 Å². The molecule has 0 heterocycles. The molecular weight excluding hydrogens is 272 g/mol. The summed E-state index contributed by atoms with van der Waals surface area (Å²) in [5.74, 6) is 0.834. The number of rotatable bonds is 5. The normalized spacial score (nSPS) is 12.0. The first-order valence-corrected chi connectivity index (χ1v) is 6.86. The molecule has 20 heavy (non-hydrogen) atoms. The Balaban J connectivity index is 2.28. The first-order chi connectivity index (χ1) is 9.65. The van der Waals surface area contributed by atoms with Crippen LogP contribution in [-0.4, -0.2) is 20.7 Å². The van der Waals surface area contributed by atoms with Crippen molar-refractivity contribution >= 4 is 17.3 Å². The molecule has 0 saturated carbocycles. The molecule has 2 rings (SSSR count). The van der Waals surface area contributed by atoms with Crippen molar-refractivity contribution < 1.29 is 4.74 Å². The number of likely N-dealkylation sites (N-methyl/N-ethyl adjacent to an activating group) is 1. The van der Waals surface area contributed by atoms with Crippen LogP contribution in [0.4, 0.5) is 5.69 Å². The lowest BCUT2D eigenvalue weighted by Gasteiger charge is -2.29. The van der Waals surface area contributed by atoms with Gasteiger partial charge in [-0.05, 0) is 29.8 Å². The number of nitrogens with two attached hydrogens (primary N) is 1. The van der Waals surface area contributed by atoms with Crippen LogP contribution in [0.3, 0.4) is 0 Å². The minimum absolute atomic E-state index is 0.0966. The van der Waals surface area contributed by atoms with Crippen LogP contribution in [0.5, 0.6) is 5.75 Å². The maximum atomic E-state index is 5.95. The number of benzene rings is 2. The van der Waals surface area contributed by atoms with Crippen molar-refractivity contribution in [2.75, 3.05) is 25.6 Å². The predicted octanol–water partition coefficient (Wildman–Crippen LogP) is 3.48. The standard InChI is InChI=1S/C16H19ClN2O/c1-19(14-4-3-5-15(10-14)20-2)16(11-18)12-6-8-13(17)9-7-12/h3-10,16H,11,18H2,1-2H3. The summed E-state index contributed by atoms with van der Waals surface area (Å²) >= 11 is 5.93. The Morgan fingerprint density at radius 1 is 1.20 bits per heavy atom. The minimum Gasteiger partial charge on any atom is -0.497 e. The van der Waals surface area contributed by atoms with Gasteiger partial charge in [0.25, 0.3) is 0 Å². The van der Waals surface area contributed by atoms with Crippen molar-refractivity contribution in [2.45, 2.75) is 6.04 Å². The van der Waals surface area contributed by atoms with Gasteiger partial charge in [-0.2, -0.15) is 0 Å². The number of nitrogens with zero attached hydrogens (tertiary/aromatic N) is 1. The van der Waals surface area contributed by atoms with E-state index in [1.165, 1.54) is 0 Å². The van der Waals surface area contributed by atoms with Gasteiger partial charge >= 0.3 is 0 Å². The number of ether oxygens (including phenoxy) is 1. The lowest BCUT2D eigenvalue weighted by atomic mass is 10.1. The highest BCUT2D eigenvalue weighted by molar-refractivity contribution is 6.30. The summed E-state index contributed by atoms with van der Waals surface area (Å²) in [6, 6.07) is 15.8. The van der Waals surface area contributed by atoms with E-state index in [1.807, 2.05) is 55.6 Å². The second-order valence-corrected chi connectivity index (χ2v) is 5.05. The fourth-order valence-electron chi connectivity index (χ4n) is 2.21. The fraction of sp³-hybridized carbons (Fsp3) is 0.250. The third-order valence-electron chi connectivity index (χ3n) is 3.41. The van der Waals surface area contributed by atoms with Gasteiger partial charge in [-0.25, -0.2) is 0 Å².